The van der Waals surface area contributed by atoms with E-state index < -0.39 is 0 Å². The lowest BCUT2D eigenvalue weighted by molar-refractivity contribution is 0.0382. The van der Waals surface area contributed by atoms with E-state index in [-0.39, 0.29) is 0 Å². The maximum Gasteiger partial charge on any atom is 0.118 e. The number of rotatable bonds is 7. The second-order valence-corrected chi connectivity index (χ2v) is 5.36. The summed E-state index contributed by atoms with van der Waals surface area (Å²) in [6.45, 7) is 8.27. The molecule has 1 N–H and O–H groups in total. The summed E-state index contributed by atoms with van der Waals surface area (Å²) in [4.78, 5) is 2.45. The first-order valence-electron chi connectivity index (χ1n) is 7.44. The Labute approximate surface area is 122 Å². The first-order valence-corrected chi connectivity index (χ1v) is 7.44. The lowest BCUT2D eigenvalue weighted by Crippen LogP contribution is -2.42. The number of benzene rings is 1. The van der Waals surface area contributed by atoms with Crippen LogP contribution in [0.3, 0.4) is 0 Å². The highest BCUT2D eigenvalue weighted by Crippen LogP contribution is 2.12. The van der Waals surface area contributed by atoms with Crippen molar-refractivity contribution in [3.05, 3.63) is 29.8 Å². The first kappa shape index (κ1) is 15.3. The van der Waals surface area contributed by atoms with Gasteiger partial charge in [0.15, 0.2) is 0 Å². The van der Waals surface area contributed by atoms with Crippen LogP contribution in [-0.4, -0.2) is 57.4 Å². The molecule has 0 aliphatic carbocycles. The van der Waals surface area contributed by atoms with Crippen LogP contribution < -0.4 is 10.1 Å². The Morgan fingerprint density at radius 1 is 1.25 bits per heavy atom. The Morgan fingerprint density at radius 2 is 1.95 bits per heavy atom. The second kappa shape index (κ2) is 8.25. The van der Waals surface area contributed by atoms with Gasteiger partial charge in [-0.1, -0.05) is 12.1 Å². The minimum absolute atomic E-state index is 0.490. The van der Waals surface area contributed by atoms with Crippen molar-refractivity contribution in [2.45, 2.75) is 19.4 Å². The molecule has 1 aliphatic heterocycles. The Morgan fingerprint density at radius 3 is 2.60 bits per heavy atom. The van der Waals surface area contributed by atoms with E-state index in [1.54, 1.807) is 7.11 Å². The lowest BCUT2D eigenvalue weighted by Gasteiger charge is -2.27. The topological polar surface area (TPSA) is 33.7 Å². The maximum absolute atomic E-state index is 5.35. The quantitative estimate of drug-likeness (QED) is 0.820. The number of hydrogen-bond acceptors (Lipinski definition) is 4. The number of morpholine rings is 1. The Bertz CT molecular complexity index is 375. The largest absolute Gasteiger partial charge is 0.497 e. The van der Waals surface area contributed by atoms with Gasteiger partial charge in [-0.15, -0.1) is 0 Å². The zero-order valence-electron chi connectivity index (χ0n) is 12.6. The maximum atomic E-state index is 5.35. The fourth-order valence-corrected chi connectivity index (χ4v) is 2.48. The van der Waals surface area contributed by atoms with Crippen molar-refractivity contribution in [3.8, 4) is 5.75 Å². The summed E-state index contributed by atoms with van der Waals surface area (Å²) in [6, 6.07) is 8.81. The van der Waals surface area contributed by atoms with E-state index in [4.69, 9.17) is 9.47 Å². The van der Waals surface area contributed by atoms with Crippen molar-refractivity contribution in [2.75, 3.05) is 46.5 Å². The van der Waals surface area contributed by atoms with E-state index in [9.17, 15) is 0 Å². The standard InChI is InChI=1S/C16H26N2O2/c1-14(13-15-3-5-16(19-2)6-4-15)17-7-8-18-9-11-20-12-10-18/h3-6,14,17H,7-13H2,1-2H3/t14-/m0/s1. The molecule has 112 valence electrons. The third-order valence-electron chi connectivity index (χ3n) is 3.73. The fourth-order valence-electron chi connectivity index (χ4n) is 2.48. The summed E-state index contributed by atoms with van der Waals surface area (Å²) in [7, 11) is 1.70. The molecule has 1 aliphatic rings. The molecule has 1 fully saturated rings. The molecule has 0 radical (unpaired) electrons. The van der Waals surface area contributed by atoms with Gasteiger partial charge in [-0.25, -0.2) is 0 Å². The smallest absolute Gasteiger partial charge is 0.118 e. The van der Waals surface area contributed by atoms with Gasteiger partial charge in [0.2, 0.25) is 0 Å². The average molecular weight is 278 g/mol. The van der Waals surface area contributed by atoms with Crippen molar-refractivity contribution in [1.82, 2.24) is 10.2 Å². The molecule has 0 saturated carbocycles. The zero-order chi connectivity index (χ0) is 14.2. The zero-order valence-corrected chi connectivity index (χ0v) is 12.6. The predicted octanol–water partition coefficient (Wildman–Crippen LogP) is 1.55. The van der Waals surface area contributed by atoms with Crippen LogP contribution in [-0.2, 0) is 11.2 Å². The van der Waals surface area contributed by atoms with Crippen molar-refractivity contribution in [1.29, 1.82) is 0 Å². The molecule has 0 aromatic heterocycles. The summed E-state index contributed by atoms with van der Waals surface area (Å²) >= 11 is 0. The fraction of sp³-hybridized carbons (Fsp3) is 0.625. The van der Waals surface area contributed by atoms with Crippen LogP contribution in [0.1, 0.15) is 12.5 Å². The molecular weight excluding hydrogens is 252 g/mol. The van der Waals surface area contributed by atoms with Gasteiger partial charge in [0, 0.05) is 32.2 Å². The Kier molecular flexibility index (Phi) is 6.30. The van der Waals surface area contributed by atoms with E-state index in [1.165, 1.54) is 5.56 Å². The molecule has 20 heavy (non-hydrogen) atoms. The van der Waals surface area contributed by atoms with Crippen molar-refractivity contribution >= 4 is 0 Å². The third kappa shape index (κ3) is 5.12. The van der Waals surface area contributed by atoms with Crippen molar-refractivity contribution < 1.29 is 9.47 Å². The van der Waals surface area contributed by atoms with Gasteiger partial charge >= 0.3 is 0 Å². The van der Waals surface area contributed by atoms with Crippen LogP contribution in [0.25, 0.3) is 0 Å². The molecule has 4 heteroatoms. The summed E-state index contributed by atoms with van der Waals surface area (Å²) in [5.74, 6) is 0.918. The predicted molar refractivity (Wildman–Crippen MR) is 81.4 cm³/mol. The van der Waals surface area contributed by atoms with Gasteiger partial charge in [0.25, 0.3) is 0 Å². The first-order chi connectivity index (χ1) is 9.78. The van der Waals surface area contributed by atoms with Crippen LogP contribution in [0.15, 0.2) is 24.3 Å². The van der Waals surface area contributed by atoms with E-state index >= 15 is 0 Å². The van der Waals surface area contributed by atoms with E-state index in [0.29, 0.717) is 6.04 Å². The molecule has 0 spiro atoms. The number of hydrogen-bond donors (Lipinski definition) is 1. The summed E-state index contributed by atoms with van der Waals surface area (Å²) < 4.78 is 10.5. The molecule has 0 amide bonds. The van der Waals surface area contributed by atoms with E-state index in [0.717, 1.165) is 51.6 Å². The molecule has 0 bridgehead atoms. The number of ether oxygens (including phenoxy) is 2. The molecular formula is C16H26N2O2. The Hall–Kier alpha value is -1.10. The second-order valence-electron chi connectivity index (χ2n) is 5.36. The van der Waals surface area contributed by atoms with Crippen LogP contribution in [0, 0.1) is 0 Å². The van der Waals surface area contributed by atoms with Crippen LogP contribution >= 0.6 is 0 Å². The molecule has 1 atom stereocenters. The summed E-state index contributed by atoms with van der Waals surface area (Å²) in [5.41, 5.74) is 1.34. The highest BCUT2D eigenvalue weighted by molar-refractivity contribution is 5.27. The molecule has 1 aromatic carbocycles. The third-order valence-corrected chi connectivity index (χ3v) is 3.73. The van der Waals surface area contributed by atoms with Crippen molar-refractivity contribution in [2.24, 2.45) is 0 Å². The molecule has 0 unspecified atom stereocenters. The van der Waals surface area contributed by atoms with E-state index in [1.807, 2.05) is 12.1 Å². The molecule has 4 nitrogen and oxygen atoms in total. The monoisotopic (exact) mass is 278 g/mol. The van der Waals surface area contributed by atoms with Gasteiger partial charge in [0.05, 0.1) is 20.3 Å². The molecule has 1 saturated heterocycles. The molecule has 1 aromatic rings. The number of nitrogens with one attached hydrogen (secondary N) is 1. The van der Waals surface area contributed by atoms with Gasteiger partial charge in [0.1, 0.15) is 5.75 Å². The van der Waals surface area contributed by atoms with Crippen LogP contribution in [0.5, 0.6) is 5.75 Å². The van der Waals surface area contributed by atoms with Gasteiger partial charge < -0.3 is 14.8 Å². The minimum Gasteiger partial charge on any atom is -0.497 e. The van der Waals surface area contributed by atoms with Gasteiger partial charge in [-0.2, -0.15) is 0 Å². The molecule has 2 rings (SSSR count). The number of methoxy groups -OCH3 is 1. The number of nitrogens with zero attached hydrogens (tertiary/aromatic N) is 1. The lowest BCUT2D eigenvalue weighted by atomic mass is 10.1. The van der Waals surface area contributed by atoms with Crippen LogP contribution in [0.4, 0.5) is 0 Å². The average Bonchev–Trinajstić information content (AvgIpc) is 2.49. The highest BCUT2D eigenvalue weighted by Gasteiger charge is 2.10. The minimum atomic E-state index is 0.490. The summed E-state index contributed by atoms with van der Waals surface area (Å²) in [5, 5.41) is 3.59. The highest BCUT2D eigenvalue weighted by atomic mass is 16.5. The molecule has 1 heterocycles. The van der Waals surface area contributed by atoms with Crippen molar-refractivity contribution in [3.63, 3.8) is 0 Å². The van der Waals surface area contributed by atoms with Gasteiger partial charge in [-0.3, -0.25) is 4.90 Å². The van der Waals surface area contributed by atoms with Gasteiger partial charge in [-0.05, 0) is 31.0 Å². The Balaban J connectivity index is 1.65. The van der Waals surface area contributed by atoms with Crippen LogP contribution in [0.2, 0.25) is 0 Å². The SMILES string of the molecule is COc1ccc(C[C@H](C)NCCN2CCOCC2)cc1. The summed E-state index contributed by atoms with van der Waals surface area (Å²) in [6.07, 6.45) is 1.05. The van der Waals surface area contributed by atoms with E-state index in [2.05, 4.69) is 29.3 Å². The normalized spacial score (nSPS) is 17.9.